The molecule has 2 aliphatic rings. The Hall–Kier alpha value is -0.313. The summed E-state index contributed by atoms with van der Waals surface area (Å²) in [4.78, 5) is 11.1. The highest BCUT2D eigenvalue weighted by atomic mass is 28.3. The van der Waals surface area contributed by atoms with Crippen LogP contribution in [0.15, 0.2) is 0 Å². The van der Waals surface area contributed by atoms with Gasteiger partial charge in [0.2, 0.25) is 0 Å². The largest absolute Gasteiger partial charge is 0.481 e. The van der Waals surface area contributed by atoms with Gasteiger partial charge in [-0.05, 0) is 24.3 Å². The van der Waals surface area contributed by atoms with Crippen LogP contribution >= 0.6 is 0 Å². The van der Waals surface area contributed by atoms with Gasteiger partial charge in [-0.3, -0.25) is 4.79 Å². The molecule has 122 valence electrons. The summed E-state index contributed by atoms with van der Waals surface area (Å²) in [5.74, 6) is 0.419. The molecule has 0 aromatic carbocycles. The Morgan fingerprint density at radius 1 is 1.05 bits per heavy atom. The van der Waals surface area contributed by atoms with Crippen molar-refractivity contribution in [3.8, 4) is 0 Å². The fourth-order valence-electron chi connectivity index (χ4n) is 4.76. The quantitative estimate of drug-likeness (QED) is 0.504. The number of hydrogen-bond donors (Lipinski definition) is 1. The predicted molar refractivity (Wildman–Crippen MR) is 91.4 cm³/mol. The van der Waals surface area contributed by atoms with Crippen LogP contribution in [0, 0.1) is 11.8 Å². The van der Waals surface area contributed by atoms with Crippen molar-refractivity contribution >= 4 is 14.0 Å². The van der Waals surface area contributed by atoms with Crippen LogP contribution in [0.1, 0.15) is 71.1 Å². The van der Waals surface area contributed by atoms with Gasteiger partial charge in [-0.1, -0.05) is 76.9 Å². The highest BCUT2D eigenvalue weighted by Crippen LogP contribution is 2.48. The van der Waals surface area contributed by atoms with Crippen LogP contribution in [0.5, 0.6) is 0 Å². The maximum Gasteiger partial charge on any atom is 0.306 e. The molecule has 0 amide bonds. The predicted octanol–water partition coefficient (Wildman–Crippen LogP) is 5.70. The number of carboxylic acid groups (broad SMARTS) is 1. The summed E-state index contributed by atoms with van der Waals surface area (Å²) < 4.78 is 0. The van der Waals surface area contributed by atoms with Crippen molar-refractivity contribution in [2.75, 3.05) is 0 Å². The van der Waals surface area contributed by atoms with Crippen molar-refractivity contribution in [1.29, 1.82) is 0 Å². The zero-order valence-electron chi connectivity index (χ0n) is 14.1. The number of carboxylic acids is 1. The monoisotopic (exact) mass is 310 g/mol. The summed E-state index contributed by atoms with van der Waals surface area (Å²) in [6.45, 7) is 4.87. The fourth-order valence-corrected chi connectivity index (χ4v) is 9.57. The van der Waals surface area contributed by atoms with Gasteiger partial charge in [0, 0.05) is 0 Å². The van der Waals surface area contributed by atoms with Gasteiger partial charge in [0.15, 0.2) is 0 Å². The minimum Gasteiger partial charge on any atom is -0.481 e. The van der Waals surface area contributed by atoms with Crippen molar-refractivity contribution in [2.24, 2.45) is 11.8 Å². The highest BCUT2D eigenvalue weighted by Gasteiger charge is 2.42. The van der Waals surface area contributed by atoms with Crippen molar-refractivity contribution < 1.29 is 9.90 Å². The second-order valence-electron chi connectivity index (χ2n) is 7.98. The van der Waals surface area contributed by atoms with Crippen LogP contribution in [0.25, 0.3) is 0 Å². The van der Waals surface area contributed by atoms with E-state index in [9.17, 15) is 9.90 Å². The second-order valence-corrected chi connectivity index (χ2v) is 13.1. The Morgan fingerprint density at radius 2 is 1.67 bits per heavy atom. The first-order chi connectivity index (χ1) is 10.0. The van der Waals surface area contributed by atoms with E-state index in [1.165, 1.54) is 63.5 Å². The molecule has 2 nitrogen and oxygen atoms in total. The van der Waals surface area contributed by atoms with Gasteiger partial charge < -0.3 is 5.11 Å². The van der Waals surface area contributed by atoms with E-state index in [0.29, 0.717) is 0 Å². The standard InChI is InChI=1S/C18H34O2Si/c1-3-4-5-6-15-7-9-17(10-8-15)21(2)13-11-16(12-14-21)18(19)20/h15-17H,3-14H2,1-2H3,(H,19,20). The van der Waals surface area contributed by atoms with Crippen LogP contribution in [0.2, 0.25) is 24.2 Å². The summed E-state index contributed by atoms with van der Waals surface area (Å²) in [6.07, 6.45) is 13.4. The van der Waals surface area contributed by atoms with Gasteiger partial charge in [-0.25, -0.2) is 0 Å². The fraction of sp³-hybridized carbons (Fsp3) is 0.944. The third kappa shape index (κ3) is 4.58. The van der Waals surface area contributed by atoms with E-state index in [1.54, 1.807) is 0 Å². The minimum atomic E-state index is -1.15. The number of aliphatic carboxylic acids is 1. The number of unbranched alkanes of at least 4 members (excludes halogenated alkanes) is 2. The molecular weight excluding hydrogens is 276 g/mol. The van der Waals surface area contributed by atoms with E-state index in [-0.39, 0.29) is 5.92 Å². The topological polar surface area (TPSA) is 37.3 Å². The third-order valence-electron chi connectivity index (χ3n) is 6.53. The molecule has 1 N–H and O–H groups in total. The number of carbonyl (C=O) groups is 1. The molecule has 0 aromatic rings. The maximum absolute atomic E-state index is 11.1. The van der Waals surface area contributed by atoms with Crippen LogP contribution in [-0.2, 0) is 4.79 Å². The van der Waals surface area contributed by atoms with Gasteiger partial charge in [0.1, 0.15) is 0 Å². The Kier molecular flexibility index (Phi) is 6.33. The molecular formula is C18H34O2Si. The molecule has 0 spiro atoms. The maximum atomic E-state index is 11.1. The van der Waals surface area contributed by atoms with Crippen molar-refractivity contribution in [3.63, 3.8) is 0 Å². The molecule has 1 heterocycles. The van der Waals surface area contributed by atoms with E-state index in [0.717, 1.165) is 24.3 Å². The molecule has 3 heteroatoms. The Balaban J connectivity index is 1.75. The average molecular weight is 311 g/mol. The van der Waals surface area contributed by atoms with Crippen LogP contribution < -0.4 is 0 Å². The lowest BCUT2D eigenvalue weighted by atomic mass is 9.85. The van der Waals surface area contributed by atoms with E-state index in [2.05, 4.69) is 13.5 Å². The molecule has 1 saturated heterocycles. The molecule has 0 radical (unpaired) electrons. The van der Waals surface area contributed by atoms with Crippen LogP contribution in [0.3, 0.4) is 0 Å². The molecule has 1 aliphatic heterocycles. The van der Waals surface area contributed by atoms with Crippen molar-refractivity contribution in [3.05, 3.63) is 0 Å². The molecule has 0 atom stereocenters. The first-order valence-electron chi connectivity index (χ1n) is 9.28. The normalized spacial score (nSPS) is 37.3. The average Bonchev–Trinajstić information content (AvgIpc) is 2.48. The van der Waals surface area contributed by atoms with Gasteiger partial charge in [-0.15, -0.1) is 0 Å². The number of rotatable bonds is 6. The van der Waals surface area contributed by atoms with Crippen molar-refractivity contribution in [1.82, 2.24) is 0 Å². The molecule has 21 heavy (non-hydrogen) atoms. The van der Waals surface area contributed by atoms with Crippen molar-refractivity contribution in [2.45, 2.75) is 95.3 Å². The molecule has 0 aromatic heterocycles. The summed E-state index contributed by atoms with van der Waals surface area (Å²) in [7, 11) is -1.15. The van der Waals surface area contributed by atoms with E-state index in [4.69, 9.17) is 0 Å². The number of hydrogen-bond acceptors (Lipinski definition) is 1. The zero-order chi connectivity index (χ0) is 15.3. The van der Waals surface area contributed by atoms with Crippen LogP contribution in [0.4, 0.5) is 0 Å². The molecule has 1 saturated carbocycles. The summed E-state index contributed by atoms with van der Waals surface area (Å²) in [5.41, 5.74) is 0.995. The summed E-state index contributed by atoms with van der Waals surface area (Å²) in [6, 6.07) is 2.55. The smallest absolute Gasteiger partial charge is 0.306 e. The molecule has 2 fully saturated rings. The van der Waals surface area contributed by atoms with Gasteiger partial charge >= 0.3 is 5.97 Å². The highest BCUT2D eigenvalue weighted by molar-refractivity contribution is 6.80. The Bertz CT molecular complexity index is 326. The lowest BCUT2D eigenvalue weighted by molar-refractivity contribution is -0.142. The molecule has 1 aliphatic carbocycles. The van der Waals surface area contributed by atoms with E-state index >= 15 is 0 Å². The lowest BCUT2D eigenvalue weighted by Gasteiger charge is -2.44. The Labute approximate surface area is 131 Å². The molecule has 0 bridgehead atoms. The first kappa shape index (κ1) is 17.0. The SMILES string of the molecule is CCCCCC1CCC([Si]2(C)CCC(C(=O)O)CC2)CC1. The third-order valence-corrected chi connectivity index (χ3v) is 11.9. The minimum absolute atomic E-state index is 0.0315. The Morgan fingerprint density at radius 3 is 2.19 bits per heavy atom. The lowest BCUT2D eigenvalue weighted by Crippen LogP contribution is -2.42. The van der Waals surface area contributed by atoms with Gasteiger partial charge in [0.25, 0.3) is 0 Å². The zero-order valence-corrected chi connectivity index (χ0v) is 15.1. The molecule has 0 unspecified atom stereocenters. The van der Waals surface area contributed by atoms with Crippen LogP contribution in [-0.4, -0.2) is 19.1 Å². The summed E-state index contributed by atoms with van der Waals surface area (Å²) >= 11 is 0. The second kappa shape index (κ2) is 7.80. The first-order valence-corrected chi connectivity index (χ1v) is 12.3. The summed E-state index contributed by atoms with van der Waals surface area (Å²) in [5, 5.41) is 9.17. The van der Waals surface area contributed by atoms with Gasteiger partial charge in [-0.2, -0.15) is 0 Å². The molecule has 2 rings (SSSR count). The van der Waals surface area contributed by atoms with E-state index < -0.39 is 14.0 Å². The van der Waals surface area contributed by atoms with E-state index in [1.807, 2.05) is 0 Å². The van der Waals surface area contributed by atoms with Gasteiger partial charge in [0.05, 0.1) is 14.0 Å².